The Morgan fingerprint density at radius 2 is 1.79 bits per heavy atom. The van der Waals surface area contributed by atoms with E-state index in [1.165, 1.54) is 5.56 Å². The van der Waals surface area contributed by atoms with Crippen LogP contribution < -0.4 is 5.32 Å². The largest absolute Gasteiger partial charge is 0.352 e. The van der Waals surface area contributed by atoms with Crippen LogP contribution in [0, 0.1) is 13.8 Å². The molecule has 0 fully saturated rings. The second-order valence-corrected chi connectivity index (χ2v) is 6.79. The molecule has 1 aromatic carbocycles. The molecule has 0 radical (unpaired) electrons. The van der Waals surface area contributed by atoms with Crippen LogP contribution in [0.1, 0.15) is 21.7 Å². The topological polar surface area (TPSA) is 54.9 Å². The number of pyridine rings is 1. The van der Waals surface area contributed by atoms with Crippen LogP contribution in [0.25, 0.3) is 10.6 Å². The molecule has 24 heavy (non-hydrogen) atoms. The van der Waals surface area contributed by atoms with Crippen molar-refractivity contribution in [2.24, 2.45) is 0 Å². The molecule has 0 spiro atoms. The maximum absolute atomic E-state index is 12.2. The van der Waals surface area contributed by atoms with Crippen molar-refractivity contribution >= 4 is 17.2 Å². The summed E-state index contributed by atoms with van der Waals surface area (Å²) >= 11 is 1.56. The average molecular weight is 337 g/mol. The number of carbonyl (C=O) groups excluding carboxylic acids is 1. The van der Waals surface area contributed by atoms with Crippen molar-refractivity contribution in [3.63, 3.8) is 0 Å². The highest BCUT2D eigenvalue weighted by Crippen LogP contribution is 2.27. The van der Waals surface area contributed by atoms with Crippen LogP contribution in [-0.4, -0.2) is 15.9 Å². The van der Waals surface area contributed by atoms with E-state index in [0.29, 0.717) is 13.0 Å². The highest BCUT2D eigenvalue weighted by atomic mass is 32.1. The number of benzene rings is 1. The molecule has 0 aliphatic heterocycles. The van der Waals surface area contributed by atoms with E-state index >= 15 is 0 Å². The molecule has 0 atom stereocenters. The molecule has 0 saturated heterocycles. The van der Waals surface area contributed by atoms with Gasteiger partial charge in [-0.25, -0.2) is 4.98 Å². The minimum absolute atomic E-state index is 0.0172. The highest BCUT2D eigenvalue weighted by Gasteiger charge is 2.12. The van der Waals surface area contributed by atoms with Crippen molar-refractivity contribution in [1.82, 2.24) is 15.3 Å². The molecule has 0 aliphatic rings. The molecular formula is C19H19N3OS. The lowest BCUT2D eigenvalue weighted by Crippen LogP contribution is -2.24. The van der Waals surface area contributed by atoms with Gasteiger partial charge in [-0.1, -0.05) is 29.8 Å². The summed E-state index contributed by atoms with van der Waals surface area (Å²) in [5.74, 6) is 0.0172. The summed E-state index contributed by atoms with van der Waals surface area (Å²) in [6, 6.07) is 12.0. The van der Waals surface area contributed by atoms with Crippen LogP contribution in [-0.2, 0) is 17.8 Å². The molecule has 5 heteroatoms. The third kappa shape index (κ3) is 4.06. The Morgan fingerprint density at radius 3 is 2.50 bits per heavy atom. The van der Waals surface area contributed by atoms with Crippen LogP contribution in [0.15, 0.2) is 48.8 Å². The number of aromatic nitrogens is 2. The Labute approximate surface area is 145 Å². The van der Waals surface area contributed by atoms with Crippen LogP contribution in [0.3, 0.4) is 0 Å². The number of hydrogen-bond acceptors (Lipinski definition) is 4. The summed E-state index contributed by atoms with van der Waals surface area (Å²) < 4.78 is 0. The van der Waals surface area contributed by atoms with E-state index in [2.05, 4.69) is 34.3 Å². The van der Waals surface area contributed by atoms with Gasteiger partial charge in [-0.05, 0) is 31.5 Å². The fourth-order valence-electron chi connectivity index (χ4n) is 2.32. The number of nitrogens with one attached hydrogen (secondary N) is 1. The summed E-state index contributed by atoms with van der Waals surface area (Å²) in [6.45, 7) is 4.55. The van der Waals surface area contributed by atoms with Gasteiger partial charge in [-0.3, -0.25) is 9.78 Å². The van der Waals surface area contributed by atoms with E-state index in [9.17, 15) is 4.79 Å². The lowest BCUT2D eigenvalue weighted by Gasteiger charge is -2.05. The fraction of sp³-hybridized carbons (Fsp3) is 0.211. The fourth-order valence-corrected chi connectivity index (χ4v) is 3.39. The van der Waals surface area contributed by atoms with Gasteiger partial charge in [-0.2, -0.15) is 0 Å². The Hall–Kier alpha value is -2.53. The van der Waals surface area contributed by atoms with E-state index in [1.54, 1.807) is 23.7 Å². The standard InChI is InChI=1S/C19H19N3OS/c1-13-3-5-15(6-4-13)12-21-18(23)11-17-14(2)22-19(24-17)16-7-9-20-10-8-16/h3-10H,11-12H2,1-2H3,(H,21,23). The van der Waals surface area contributed by atoms with Gasteiger partial charge in [0, 0.05) is 29.4 Å². The van der Waals surface area contributed by atoms with Gasteiger partial charge in [-0.15, -0.1) is 11.3 Å². The molecule has 3 rings (SSSR count). The van der Waals surface area contributed by atoms with Gasteiger partial charge in [0.1, 0.15) is 5.01 Å². The molecule has 0 saturated carbocycles. The van der Waals surface area contributed by atoms with Crippen molar-refractivity contribution in [2.45, 2.75) is 26.8 Å². The van der Waals surface area contributed by atoms with E-state index in [4.69, 9.17) is 0 Å². The average Bonchev–Trinajstić information content (AvgIpc) is 2.96. The first-order valence-corrected chi connectivity index (χ1v) is 8.62. The second kappa shape index (κ2) is 7.36. The number of nitrogens with zero attached hydrogens (tertiary/aromatic N) is 2. The Bertz CT molecular complexity index is 826. The van der Waals surface area contributed by atoms with Crippen LogP contribution in [0.4, 0.5) is 0 Å². The number of thiazole rings is 1. The van der Waals surface area contributed by atoms with Gasteiger partial charge >= 0.3 is 0 Å². The molecule has 2 aromatic heterocycles. The Kier molecular flexibility index (Phi) is 5.01. The minimum Gasteiger partial charge on any atom is -0.352 e. The van der Waals surface area contributed by atoms with E-state index in [0.717, 1.165) is 26.7 Å². The predicted molar refractivity (Wildman–Crippen MR) is 96.8 cm³/mol. The van der Waals surface area contributed by atoms with E-state index in [-0.39, 0.29) is 5.91 Å². The van der Waals surface area contributed by atoms with Gasteiger partial charge in [0.05, 0.1) is 12.1 Å². The number of carbonyl (C=O) groups is 1. The quantitative estimate of drug-likeness (QED) is 0.773. The first-order valence-electron chi connectivity index (χ1n) is 7.81. The van der Waals surface area contributed by atoms with Gasteiger partial charge in [0.25, 0.3) is 0 Å². The molecule has 3 aromatic rings. The predicted octanol–water partition coefficient (Wildman–Crippen LogP) is 3.68. The smallest absolute Gasteiger partial charge is 0.225 e. The van der Waals surface area contributed by atoms with Crippen molar-refractivity contribution < 1.29 is 4.79 Å². The molecule has 4 nitrogen and oxygen atoms in total. The molecule has 1 N–H and O–H groups in total. The second-order valence-electron chi connectivity index (χ2n) is 5.70. The lowest BCUT2D eigenvalue weighted by molar-refractivity contribution is -0.120. The molecular weight excluding hydrogens is 318 g/mol. The minimum atomic E-state index is 0.0172. The first kappa shape index (κ1) is 16.3. The van der Waals surface area contributed by atoms with Crippen LogP contribution >= 0.6 is 11.3 Å². The van der Waals surface area contributed by atoms with Crippen LogP contribution in [0.2, 0.25) is 0 Å². The zero-order chi connectivity index (χ0) is 16.9. The summed E-state index contributed by atoms with van der Waals surface area (Å²) in [5, 5.41) is 3.90. The third-order valence-corrected chi connectivity index (χ3v) is 4.96. The van der Waals surface area contributed by atoms with Crippen LogP contribution in [0.5, 0.6) is 0 Å². The number of hydrogen-bond donors (Lipinski definition) is 1. The summed E-state index contributed by atoms with van der Waals surface area (Å²) in [4.78, 5) is 21.8. The Balaban J connectivity index is 1.62. The number of rotatable bonds is 5. The molecule has 1 amide bonds. The molecule has 0 aliphatic carbocycles. The van der Waals surface area contributed by atoms with E-state index < -0.39 is 0 Å². The number of aryl methyl sites for hydroxylation is 2. The normalized spacial score (nSPS) is 10.6. The van der Waals surface area contributed by atoms with Crippen molar-refractivity contribution in [3.05, 3.63) is 70.5 Å². The summed E-state index contributed by atoms with van der Waals surface area (Å²) in [6.07, 6.45) is 3.86. The highest BCUT2D eigenvalue weighted by molar-refractivity contribution is 7.15. The maximum Gasteiger partial charge on any atom is 0.225 e. The monoisotopic (exact) mass is 337 g/mol. The Morgan fingerprint density at radius 1 is 1.08 bits per heavy atom. The SMILES string of the molecule is Cc1ccc(CNC(=O)Cc2sc(-c3ccncc3)nc2C)cc1. The zero-order valence-electron chi connectivity index (χ0n) is 13.7. The van der Waals surface area contributed by atoms with Gasteiger partial charge in [0.15, 0.2) is 0 Å². The lowest BCUT2D eigenvalue weighted by atomic mass is 10.1. The molecule has 2 heterocycles. The molecule has 0 bridgehead atoms. The molecule has 122 valence electrons. The maximum atomic E-state index is 12.2. The third-order valence-electron chi connectivity index (χ3n) is 3.75. The van der Waals surface area contributed by atoms with Crippen molar-refractivity contribution in [1.29, 1.82) is 0 Å². The van der Waals surface area contributed by atoms with Gasteiger partial charge < -0.3 is 5.32 Å². The van der Waals surface area contributed by atoms with Crippen molar-refractivity contribution in [3.8, 4) is 10.6 Å². The molecule has 0 unspecified atom stereocenters. The summed E-state index contributed by atoms with van der Waals surface area (Å²) in [5.41, 5.74) is 4.27. The van der Waals surface area contributed by atoms with E-state index in [1.807, 2.05) is 31.2 Å². The zero-order valence-corrected chi connectivity index (χ0v) is 14.6. The van der Waals surface area contributed by atoms with Crippen molar-refractivity contribution in [2.75, 3.05) is 0 Å². The first-order chi connectivity index (χ1) is 11.6. The van der Waals surface area contributed by atoms with Gasteiger partial charge in [0.2, 0.25) is 5.91 Å². The summed E-state index contributed by atoms with van der Waals surface area (Å²) in [7, 11) is 0. The number of amides is 1.